The number of carbonyl (C=O) groups is 2. The van der Waals surface area contributed by atoms with Crippen molar-refractivity contribution in [2.75, 3.05) is 23.4 Å². The fourth-order valence-electron chi connectivity index (χ4n) is 3.23. The number of nitrogens with zero attached hydrogens (tertiary/aromatic N) is 1. The Balaban J connectivity index is 1.57. The van der Waals surface area contributed by atoms with Gasteiger partial charge >= 0.3 is 0 Å². The molecule has 0 spiro atoms. The maximum absolute atomic E-state index is 12.5. The average molecular weight is 431 g/mol. The van der Waals surface area contributed by atoms with Gasteiger partial charge in [-0.25, -0.2) is 0 Å². The third-order valence-electron chi connectivity index (χ3n) is 4.65. The molecule has 140 valence electrons. The van der Waals surface area contributed by atoms with Crippen LogP contribution in [0.25, 0.3) is 0 Å². The molecule has 0 aromatic heterocycles. The number of ether oxygens (including phenoxy) is 2. The Hall–Kier alpha value is -2.38. The number of halogens is 1. The zero-order valence-electron chi connectivity index (χ0n) is 14.6. The Morgan fingerprint density at radius 3 is 2.78 bits per heavy atom. The molecule has 2 aromatic rings. The first kappa shape index (κ1) is 18.0. The van der Waals surface area contributed by atoms with E-state index in [1.807, 2.05) is 24.3 Å². The summed E-state index contributed by atoms with van der Waals surface area (Å²) in [6.07, 6.45) is 1.22. The Kier molecular flexibility index (Phi) is 5.13. The molecule has 0 saturated carbocycles. The third kappa shape index (κ3) is 3.99. The zero-order chi connectivity index (χ0) is 18.8. The summed E-state index contributed by atoms with van der Waals surface area (Å²) in [6, 6.07) is 13.2. The molecule has 2 heterocycles. The summed E-state index contributed by atoms with van der Waals surface area (Å²) in [5.41, 5.74) is 2.28. The number of fused-ring (bicyclic) bond motifs is 1. The van der Waals surface area contributed by atoms with Gasteiger partial charge in [0.05, 0.1) is 12.2 Å². The zero-order valence-corrected chi connectivity index (χ0v) is 16.2. The summed E-state index contributed by atoms with van der Waals surface area (Å²) in [4.78, 5) is 26.4. The highest BCUT2D eigenvalue weighted by Crippen LogP contribution is 2.35. The molecule has 27 heavy (non-hydrogen) atoms. The lowest BCUT2D eigenvalue weighted by Gasteiger charge is -2.30. The topological polar surface area (TPSA) is 67.9 Å². The molecule has 7 heteroatoms. The molecule has 1 saturated heterocycles. The van der Waals surface area contributed by atoms with E-state index in [1.54, 1.807) is 23.1 Å². The van der Waals surface area contributed by atoms with Crippen LogP contribution in [0.1, 0.15) is 18.4 Å². The second kappa shape index (κ2) is 7.70. The molecule has 1 unspecified atom stereocenters. The highest BCUT2D eigenvalue weighted by atomic mass is 79.9. The molecule has 2 aliphatic heterocycles. The smallest absolute Gasteiger partial charge is 0.265 e. The van der Waals surface area contributed by atoms with Crippen molar-refractivity contribution in [3.63, 3.8) is 0 Å². The van der Waals surface area contributed by atoms with E-state index in [2.05, 4.69) is 21.2 Å². The quantitative estimate of drug-likeness (QED) is 0.805. The molecule has 2 amide bonds. The molecule has 0 bridgehead atoms. The van der Waals surface area contributed by atoms with E-state index < -0.39 is 6.10 Å². The van der Waals surface area contributed by atoms with Crippen LogP contribution < -0.4 is 15.0 Å². The first-order valence-electron chi connectivity index (χ1n) is 8.84. The van der Waals surface area contributed by atoms with E-state index in [4.69, 9.17) is 9.47 Å². The first-order valence-corrected chi connectivity index (χ1v) is 9.63. The molecule has 2 aromatic carbocycles. The number of amides is 2. The van der Waals surface area contributed by atoms with E-state index in [1.165, 1.54) is 0 Å². The predicted molar refractivity (Wildman–Crippen MR) is 105 cm³/mol. The minimum Gasteiger partial charge on any atom is -0.482 e. The fraction of sp³-hybridized carbons (Fsp3) is 0.300. The second-order valence-electron chi connectivity index (χ2n) is 6.57. The number of nitrogens with one attached hydrogen (secondary N) is 1. The van der Waals surface area contributed by atoms with Gasteiger partial charge in [-0.2, -0.15) is 0 Å². The summed E-state index contributed by atoms with van der Waals surface area (Å²) in [5.74, 6) is 0.352. The molecular weight excluding hydrogens is 412 g/mol. The molecule has 1 atom stereocenters. The monoisotopic (exact) mass is 430 g/mol. The predicted octanol–water partition coefficient (Wildman–Crippen LogP) is 3.49. The maximum Gasteiger partial charge on any atom is 0.265 e. The van der Waals surface area contributed by atoms with Gasteiger partial charge in [-0.3, -0.25) is 9.59 Å². The molecule has 0 aliphatic carbocycles. The average Bonchev–Trinajstić information content (AvgIpc) is 3.21. The fourth-order valence-corrected chi connectivity index (χ4v) is 3.50. The lowest BCUT2D eigenvalue weighted by Crippen LogP contribution is -2.38. The van der Waals surface area contributed by atoms with E-state index in [0.717, 1.165) is 22.9 Å². The Bertz CT molecular complexity index is 863. The molecule has 6 nitrogen and oxygen atoms in total. The standard InChI is InChI=1S/C20H19BrN2O4/c21-14-5-3-13(4-6-14)11-23-16-10-15(7-8-17(16)27-12-19(23)24)22-20(25)18-2-1-9-26-18/h3-8,10,18H,1-2,9,11-12H2,(H,22,25). The SMILES string of the molecule is O=C(Nc1ccc2c(c1)N(Cc1ccc(Br)cc1)C(=O)CO2)C1CCCO1. The van der Waals surface area contributed by atoms with Gasteiger partial charge in [0.1, 0.15) is 11.9 Å². The van der Waals surface area contributed by atoms with Crippen LogP contribution in [-0.4, -0.2) is 31.1 Å². The lowest BCUT2D eigenvalue weighted by atomic mass is 10.1. The van der Waals surface area contributed by atoms with Gasteiger partial charge in [0.2, 0.25) is 0 Å². The van der Waals surface area contributed by atoms with Crippen molar-refractivity contribution in [3.05, 3.63) is 52.5 Å². The van der Waals surface area contributed by atoms with Gasteiger partial charge < -0.3 is 19.7 Å². The van der Waals surface area contributed by atoms with Crippen LogP contribution in [0.2, 0.25) is 0 Å². The molecule has 1 N–H and O–H groups in total. The van der Waals surface area contributed by atoms with Gasteiger partial charge in [-0.15, -0.1) is 0 Å². The third-order valence-corrected chi connectivity index (χ3v) is 5.17. The summed E-state index contributed by atoms with van der Waals surface area (Å²) in [6.45, 7) is 1.06. The largest absolute Gasteiger partial charge is 0.482 e. The summed E-state index contributed by atoms with van der Waals surface area (Å²) < 4.78 is 12.0. The Morgan fingerprint density at radius 2 is 2.04 bits per heavy atom. The number of benzene rings is 2. The van der Waals surface area contributed by atoms with Gasteiger partial charge in [0, 0.05) is 16.8 Å². The van der Waals surface area contributed by atoms with Gasteiger partial charge in [-0.1, -0.05) is 28.1 Å². The van der Waals surface area contributed by atoms with Crippen LogP contribution in [-0.2, 0) is 20.9 Å². The second-order valence-corrected chi connectivity index (χ2v) is 7.48. The van der Waals surface area contributed by atoms with Crippen molar-refractivity contribution >= 4 is 39.1 Å². The van der Waals surface area contributed by atoms with Crippen LogP contribution in [0.4, 0.5) is 11.4 Å². The van der Waals surface area contributed by atoms with Crippen LogP contribution in [0, 0.1) is 0 Å². The maximum atomic E-state index is 12.5. The van der Waals surface area contributed by atoms with Crippen LogP contribution >= 0.6 is 15.9 Å². The van der Waals surface area contributed by atoms with Crippen molar-refractivity contribution in [3.8, 4) is 5.75 Å². The molecule has 1 fully saturated rings. The number of anilines is 2. The number of hydrogen-bond donors (Lipinski definition) is 1. The van der Waals surface area contributed by atoms with E-state index in [9.17, 15) is 9.59 Å². The summed E-state index contributed by atoms with van der Waals surface area (Å²) in [7, 11) is 0. The Morgan fingerprint density at radius 1 is 1.22 bits per heavy atom. The molecular formula is C20H19BrN2O4. The van der Waals surface area contributed by atoms with E-state index in [0.29, 0.717) is 30.3 Å². The van der Waals surface area contributed by atoms with Crippen molar-refractivity contribution in [2.24, 2.45) is 0 Å². The van der Waals surface area contributed by atoms with Crippen molar-refractivity contribution in [1.29, 1.82) is 0 Å². The number of rotatable bonds is 4. The van der Waals surface area contributed by atoms with Gasteiger partial charge in [0.15, 0.2) is 6.61 Å². The van der Waals surface area contributed by atoms with Gasteiger partial charge in [-0.05, 0) is 48.7 Å². The normalized spacial score (nSPS) is 18.8. The van der Waals surface area contributed by atoms with Crippen LogP contribution in [0.15, 0.2) is 46.9 Å². The molecule has 4 rings (SSSR count). The Labute approximate surface area is 165 Å². The highest BCUT2D eigenvalue weighted by molar-refractivity contribution is 9.10. The first-order chi connectivity index (χ1) is 13.1. The minimum atomic E-state index is -0.405. The van der Waals surface area contributed by atoms with Crippen molar-refractivity contribution < 1.29 is 19.1 Å². The molecule has 0 radical (unpaired) electrons. The van der Waals surface area contributed by atoms with Crippen LogP contribution in [0.3, 0.4) is 0 Å². The van der Waals surface area contributed by atoms with Crippen molar-refractivity contribution in [2.45, 2.75) is 25.5 Å². The summed E-state index contributed by atoms with van der Waals surface area (Å²) in [5, 5.41) is 2.88. The van der Waals surface area contributed by atoms with E-state index >= 15 is 0 Å². The number of hydrogen-bond acceptors (Lipinski definition) is 4. The lowest BCUT2D eigenvalue weighted by molar-refractivity contribution is -0.124. The van der Waals surface area contributed by atoms with Crippen LogP contribution in [0.5, 0.6) is 5.75 Å². The summed E-state index contributed by atoms with van der Waals surface area (Å²) >= 11 is 3.42. The molecule has 2 aliphatic rings. The van der Waals surface area contributed by atoms with Gasteiger partial charge in [0.25, 0.3) is 11.8 Å². The minimum absolute atomic E-state index is 0.00511. The van der Waals surface area contributed by atoms with Crippen molar-refractivity contribution in [1.82, 2.24) is 0 Å². The highest BCUT2D eigenvalue weighted by Gasteiger charge is 2.27. The number of carbonyl (C=O) groups excluding carboxylic acids is 2. The van der Waals surface area contributed by atoms with E-state index in [-0.39, 0.29) is 18.4 Å².